The lowest BCUT2D eigenvalue weighted by Crippen LogP contribution is -2.08. The van der Waals surface area contributed by atoms with Crippen molar-refractivity contribution in [3.8, 4) is 5.75 Å². The summed E-state index contributed by atoms with van der Waals surface area (Å²) in [4.78, 5) is 12.2. The van der Waals surface area contributed by atoms with Crippen LogP contribution in [0.2, 0.25) is 5.02 Å². The lowest BCUT2D eigenvalue weighted by molar-refractivity contribution is 0.0488. The molecule has 0 atom stereocenters. The van der Waals surface area contributed by atoms with Gasteiger partial charge in [-0.15, -0.1) is 0 Å². The van der Waals surface area contributed by atoms with Crippen molar-refractivity contribution in [2.45, 2.75) is 13.5 Å². The Morgan fingerprint density at radius 2 is 1.88 bits per heavy atom. The zero-order chi connectivity index (χ0) is 18.0. The van der Waals surface area contributed by atoms with Crippen molar-refractivity contribution in [2.75, 3.05) is 6.61 Å². The van der Waals surface area contributed by atoms with Crippen LogP contribution in [0.15, 0.2) is 49.8 Å². The lowest BCUT2D eigenvalue weighted by Gasteiger charge is -2.09. The SMILES string of the molecule is CCOC(=O)c1oc2ccc(Br)cc2c1COc1ccc(Br)cc1Cl. The Morgan fingerprint density at radius 3 is 2.60 bits per heavy atom. The molecule has 0 saturated carbocycles. The first-order chi connectivity index (χ1) is 12.0. The van der Waals surface area contributed by atoms with Crippen LogP contribution in [0, 0.1) is 0 Å². The fraction of sp³-hybridized carbons (Fsp3) is 0.167. The van der Waals surface area contributed by atoms with E-state index in [1.807, 2.05) is 18.2 Å². The van der Waals surface area contributed by atoms with Gasteiger partial charge in [-0.05, 0) is 43.3 Å². The molecular formula is C18H13Br2ClO4. The zero-order valence-corrected chi connectivity index (χ0v) is 17.1. The van der Waals surface area contributed by atoms with Crippen molar-refractivity contribution in [3.63, 3.8) is 0 Å². The average Bonchev–Trinajstić information content (AvgIpc) is 2.92. The Kier molecular flexibility index (Phi) is 5.71. The van der Waals surface area contributed by atoms with Crippen molar-refractivity contribution in [1.29, 1.82) is 0 Å². The van der Waals surface area contributed by atoms with E-state index in [9.17, 15) is 4.79 Å². The Hall–Kier alpha value is -1.50. The second-order valence-electron chi connectivity index (χ2n) is 5.13. The number of halogens is 3. The molecule has 3 aromatic rings. The molecule has 0 aliphatic carbocycles. The largest absolute Gasteiger partial charge is 0.487 e. The molecule has 0 unspecified atom stereocenters. The number of fused-ring (bicyclic) bond motifs is 1. The summed E-state index contributed by atoms with van der Waals surface area (Å²) in [6.07, 6.45) is 0. The predicted octanol–water partition coefficient (Wildman–Crippen LogP) is 6.37. The monoisotopic (exact) mass is 486 g/mol. The number of hydrogen-bond donors (Lipinski definition) is 0. The van der Waals surface area contributed by atoms with E-state index < -0.39 is 5.97 Å². The maximum atomic E-state index is 12.2. The van der Waals surface area contributed by atoms with Gasteiger partial charge in [0, 0.05) is 14.3 Å². The first-order valence-corrected chi connectivity index (χ1v) is 9.42. The summed E-state index contributed by atoms with van der Waals surface area (Å²) in [5, 5.41) is 1.26. The smallest absolute Gasteiger partial charge is 0.374 e. The van der Waals surface area contributed by atoms with Crippen LogP contribution in [0.1, 0.15) is 23.0 Å². The number of carbonyl (C=O) groups excluding carboxylic acids is 1. The third kappa shape index (κ3) is 4.02. The van der Waals surface area contributed by atoms with E-state index in [2.05, 4.69) is 31.9 Å². The van der Waals surface area contributed by atoms with Crippen LogP contribution >= 0.6 is 43.5 Å². The van der Waals surface area contributed by atoms with Crippen molar-refractivity contribution >= 4 is 60.4 Å². The number of furan rings is 1. The standard InChI is InChI=1S/C18H13Br2ClO4/c1-2-23-18(22)17-13(12-7-10(19)3-5-15(12)25-17)9-24-16-6-4-11(20)8-14(16)21/h3-8H,2,9H2,1H3. The highest BCUT2D eigenvalue weighted by Gasteiger charge is 2.22. The van der Waals surface area contributed by atoms with Gasteiger partial charge in [-0.2, -0.15) is 0 Å². The van der Waals surface area contributed by atoms with Crippen LogP contribution in [0.25, 0.3) is 11.0 Å². The van der Waals surface area contributed by atoms with Crippen molar-refractivity contribution < 1.29 is 18.7 Å². The average molecular weight is 489 g/mol. The summed E-state index contributed by atoms with van der Waals surface area (Å²) >= 11 is 13.0. The number of carbonyl (C=O) groups is 1. The number of esters is 1. The van der Waals surface area contributed by atoms with E-state index in [0.717, 1.165) is 14.3 Å². The van der Waals surface area contributed by atoms with Gasteiger partial charge in [0.15, 0.2) is 0 Å². The van der Waals surface area contributed by atoms with Crippen LogP contribution in [0.3, 0.4) is 0 Å². The van der Waals surface area contributed by atoms with Gasteiger partial charge in [-0.25, -0.2) is 4.79 Å². The summed E-state index contributed by atoms with van der Waals surface area (Å²) in [5.74, 6) is 0.141. The number of rotatable bonds is 5. The summed E-state index contributed by atoms with van der Waals surface area (Å²) in [7, 11) is 0. The topological polar surface area (TPSA) is 48.7 Å². The van der Waals surface area contributed by atoms with Crippen LogP contribution < -0.4 is 4.74 Å². The van der Waals surface area contributed by atoms with Crippen LogP contribution in [0.5, 0.6) is 5.75 Å². The molecule has 0 aliphatic heterocycles. The van der Waals surface area contributed by atoms with Gasteiger partial charge in [0.05, 0.1) is 17.2 Å². The maximum Gasteiger partial charge on any atom is 0.374 e. The van der Waals surface area contributed by atoms with Gasteiger partial charge in [0.2, 0.25) is 5.76 Å². The molecule has 4 nitrogen and oxygen atoms in total. The lowest BCUT2D eigenvalue weighted by atomic mass is 10.1. The van der Waals surface area contributed by atoms with Gasteiger partial charge >= 0.3 is 5.97 Å². The molecule has 1 heterocycles. The van der Waals surface area contributed by atoms with Crippen molar-refractivity contribution in [3.05, 3.63) is 61.7 Å². The fourth-order valence-corrected chi connectivity index (χ4v) is 3.46. The highest BCUT2D eigenvalue weighted by molar-refractivity contribution is 9.10. The van der Waals surface area contributed by atoms with Crippen LogP contribution in [-0.2, 0) is 11.3 Å². The van der Waals surface area contributed by atoms with Crippen LogP contribution in [0.4, 0.5) is 0 Å². The molecule has 3 rings (SSSR count). The first kappa shape index (κ1) is 18.3. The molecule has 25 heavy (non-hydrogen) atoms. The van der Waals surface area contributed by atoms with Gasteiger partial charge < -0.3 is 13.9 Å². The van der Waals surface area contributed by atoms with E-state index in [1.54, 1.807) is 25.1 Å². The molecule has 0 N–H and O–H groups in total. The van der Waals surface area contributed by atoms with Gasteiger partial charge in [-0.1, -0.05) is 43.5 Å². The van der Waals surface area contributed by atoms with E-state index in [0.29, 0.717) is 21.9 Å². The number of ether oxygens (including phenoxy) is 2. The molecule has 2 aromatic carbocycles. The van der Waals surface area contributed by atoms with E-state index in [4.69, 9.17) is 25.5 Å². The molecule has 1 aromatic heterocycles. The molecule has 0 aliphatic rings. The number of benzene rings is 2. The minimum atomic E-state index is -0.518. The summed E-state index contributed by atoms with van der Waals surface area (Å²) in [5.41, 5.74) is 1.21. The van der Waals surface area contributed by atoms with Gasteiger partial charge in [0.1, 0.15) is 17.9 Å². The van der Waals surface area contributed by atoms with Crippen molar-refractivity contribution in [2.24, 2.45) is 0 Å². The van der Waals surface area contributed by atoms with Gasteiger partial charge in [-0.3, -0.25) is 0 Å². The molecular weight excluding hydrogens is 475 g/mol. The van der Waals surface area contributed by atoms with Crippen molar-refractivity contribution in [1.82, 2.24) is 0 Å². The number of hydrogen-bond acceptors (Lipinski definition) is 4. The second kappa shape index (κ2) is 7.81. The quantitative estimate of drug-likeness (QED) is 0.392. The third-order valence-electron chi connectivity index (χ3n) is 3.48. The zero-order valence-electron chi connectivity index (χ0n) is 13.1. The normalized spacial score (nSPS) is 10.9. The molecule has 0 amide bonds. The Balaban J connectivity index is 1.99. The first-order valence-electron chi connectivity index (χ1n) is 7.45. The molecule has 7 heteroatoms. The molecule has 0 radical (unpaired) electrons. The molecule has 0 bridgehead atoms. The summed E-state index contributed by atoms with van der Waals surface area (Å²) in [6.45, 7) is 2.13. The summed E-state index contributed by atoms with van der Waals surface area (Å²) in [6, 6.07) is 10.8. The Labute approximate surface area is 166 Å². The highest BCUT2D eigenvalue weighted by Crippen LogP contribution is 2.32. The summed E-state index contributed by atoms with van der Waals surface area (Å²) < 4.78 is 18.3. The minimum absolute atomic E-state index is 0.124. The Morgan fingerprint density at radius 1 is 1.16 bits per heavy atom. The predicted molar refractivity (Wildman–Crippen MR) is 103 cm³/mol. The fourth-order valence-electron chi connectivity index (χ4n) is 2.37. The molecule has 130 valence electrons. The van der Waals surface area contributed by atoms with E-state index in [-0.39, 0.29) is 19.0 Å². The maximum absolute atomic E-state index is 12.2. The Bertz CT molecular complexity index is 936. The van der Waals surface area contributed by atoms with E-state index >= 15 is 0 Å². The molecule has 0 saturated heterocycles. The van der Waals surface area contributed by atoms with Crippen LogP contribution in [-0.4, -0.2) is 12.6 Å². The minimum Gasteiger partial charge on any atom is -0.487 e. The molecule has 0 spiro atoms. The van der Waals surface area contributed by atoms with Gasteiger partial charge in [0.25, 0.3) is 0 Å². The second-order valence-corrected chi connectivity index (χ2v) is 7.37. The molecule has 0 fully saturated rings. The third-order valence-corrected chi connectivity index (χ3v) is 4.76. The highest BCUT2D eigenvalue weighted by atomic mass is 79.9. The van der Waals surface area contributed by atoms with E-state index in [1.165, 1.54) is 0 Å².